The predicted octanol–water partition coefficient (Wildman–Crippen LogP) is 3.45. The molecule has 3 nitrogen and oxygen atoms in total. The van der Waals surface area contributed by atoms with Crippen molar-refractivity contribution in [3.05, 3.63) is 23.5 Å². The van der Waals surface area contributed by atoms with Crippen molar-refractivity contribution in [2.45, 2.75) is 26.3 Å². The Hall–Kier alpha value is -1.22. The van der Waals surface area contributed by atoms with Crippen LogP contribution in [0.25, 0.3) is 11.0 Å². The van der Waals surface area contributed by atoms with E-state index in [0.29, 0.717) is 5.28 Å². The SMILES string of the molecule is COc1cccc2c1nc(Cl)n2C(C)(C)C. The lowest BCUT2D eigenvalue weighted by Crippen LogP contribution is -2.21. The molecule has 0 atom stereocenters. The molecule has 0 N–H and O–H groups in total. The molecule has 1 aromatic heterocycles. The van der Waals surface area contributed by atoms with Gasteiger partial charge in [-0.05, 0) is 44.5 Å². The van der Waals surface area contributed by atoms with Crippen molar-refractivity contribution in [3.8, 4) is 5.75 Å². The number of halogens is 1. The zero-order valence-corrected chi connectivity index (χ0v) is 10.7. The smallest absolute Gasteiger partial charge is 0.204 e. The number of para-hydroxylation sites is 1. The van der Waals surface area contributed by atoms with Gasteiger partial charge in [0.05, 0.1) is 12.6 Å². The molecule has 2 rings (SSSR count). The first-order valence-corrected chi connectivity index (χ1v) is 5.54. The van der Waals surface area contributed by atoms with Crippen LogP contribution in [0.2, 0.25) is 5.28 Å². The molecule has 0 radical (unpaired) electrons. The first-order valence-electron chi connectivity index (χ1n) is 5.16. The minimum Gasteiger partial charge on any atom is -0.494 e. The minimum absolute atomic E-state index is 0.0990. The number of imidazole rings is 1. The van der Waals surface area contributed by atoms with E-state index in [4.69, 9.17) is 16.3 Å². The number of hydrogen-bond donors (Lipinski definition) is 0. The van der Waals surface area contributed by atoms with Crippen LogP contribution >= 0.6 is 11.6 Å². The predicted molar refractivity (Wildman–Crippen MR) is 66.3 cm³/mol. The molecule has 0 saturated carbocycles. The summed E-state index contributed by atoms with van der Waals surface area (Å²) in [6.07, 6.45) is 0. The fourth-order valence-corrected chi connectivity index (χ4v) is 2.28. The van der Waals surface area contributed by atoms with Gasteiger partial charge in [0.25, 0.3) is 0 Å². The van der Waals surface area contributed by atoms with E-state index in [-0.39, 0.29) is 5.54 Å². The Morgan fingerprint density at radius 1 is 1.31 bits per heavy atom. The Kier molecular flexibility index (Phi) is 2.58. The molecular formula is C12H15ClN2O. The van der Waals surface area contributed by atoms with Crippen LogP contribution in [0.3, 0.4) is 0 Å². The molecule has 0 aliphatic heterocycles. The maximum atomic E-state index is 6.18. The van der Waals surface area contributed by atoms with Crippen LogP contribution in [0, 0.1) is 0 Å². The van der Waals surface area contributed by atoms with E-state index < -0.39 is 0 Å². The van der Waals surface area contributed by atoms with Gasteiger partial charge in [0, 0.05) is 5.54 Å². The second-order valence-corrected chi connectivity index (χ2v) is 5.05. The standard InChI is InChI=1S/C12H15ClN2O/c1-12(2,3)15-8-6-5-7-9(16-4)10(8)14-11(15)13/h5-7H,1-4H3. The van der Waals surface area contributed by atoms with Crippen molar-refractivity contribution in [2.24, 2.45) is 0 Å². The van der Waals surface area contributed by atoms with Crippen LogP contribution in [0.4, 0.5) is 0 Å². The van der Waals surface area contributed by atoms with Crippen molar-refractivity contribution < 1.29 is 4.74 Å². The topological polar surface area (TPSA) is 27.1 Å². The summed E-state index contributed by atoms with van der Waals surface area (Å²) in [5.74, 6) is 0.752. The summed E-state index contributed by atoms with van der Waals surface area (Å²) in [7, 11) is 1.64. The number of hydrogen-bond acceptors (Lipinski definition) is 2. The molecule has 0 bridgehead atoms. The highest BCUT2D eigenvalue weighted by Crippen LogP contribution is 2.32. The van der Waals surface area contributed by atoms with Crippen LogP contribution in [0.15, 0.2) is 18.2 Å². The maximum Gasteiger partial charge on any atom is 0.204 e. The van der Waals surface area contributed by atoms with Gasteiger partial charge in [-0.3, -0.25) is 0 Å². The van der Waals surface area contributed by atoms with E-state index >= 15 is 0 Å². The van der Waals surface area contributed by atoms with Gasteiger partial charge in [-0.25, -0.2) is 4.98 Å². The quantitative estimate of drug-likeness (QED) is 0.761. The molecule has 0 fully saturated rings. The Bertz CT molecular complexity index is 526. The highest BCUT2D eigenvalue weighted by Gasteiger charge is 2.21. The monoisotopic (exact) mass is 238 g/mol. The lowest BCUT2D eigenvalue weighted by Gasteiger charge is -2.22. The number of aromatic nitrogens is 2. The van der Waals surface area contributed by atoms with Gasteiger partial charge in [-0.15, -0.1) is 0 Å². The summed E-state index contributed by atoms with van der Waals surface area (Å²) < 4.78 is 7.28. The van der Waals surface area contributed by atoms with Crippen molar-refractivity contribution in [3.63, 3.8) is 0 Å². The Morgan fingerprint density at radius 3 is 2.56 bits per heavy atom. The number of fused-ring (bicyclic) bond motifs is 1. The van der Waals surface area contributed by atoms with Gasteiger partial charge in [0.1, 0.15) is 11.3 Å². The zero-order valence-electron chi connectivity index (χ0n) is 9.91. The Balaban J connectivity index is 2.81. The van der Waals surface area contributed by atoms with Gasteiger partial charge < -0.3 is 9.30 Å². The average molecular weight is 239 g/mol. The average Bonchev–Trinajstić information content (AvgIpc) is 2.52. The highest BCUT2D eigenvalue weighted by atomic mass is 35.5. The molecule has 0 aliphatic carbocycles. The van der Waals surface area contributed by atoms with Crippen molar-refractivity contribution >= 4 is 22.6 Å². The largest absolute Gasteiger partial charge is 0.494 e. The first-order chi connectivity index (χ1) is 7.45. The Morgan fingerprint density at radius 2 is 2.00 bits per heavy atom. The molecular weight excluding hydrogens is 224 g/mol. The molecule has 0 aliphatic rings. The van der Waals surface area contributed by atoms with Gasteiger partial charge in [0.15, 0.2) is 0 Å². The van der Waals surface area contributed by atoms with Gasteiger partial charge in [-0.2, -0.15) is 0 Å². The molecule has 0 amide bonds. The molecule has 0 unspecified atom stereocenters. The van der Waals surface area contributed by atoms with Crippen LogP contribution < -0.4 is 4.74 Å². The van der Waals surface area contributed by atoms with Crippen molar-refractivity contribution in [2.75, 3.05) is 7.11 Å². The molecule has 4 heteroatoms. The minimum atomic E-state index is -0.0990. The first kappa shape index (κ1) is 11.3. The number of ether oxygens (including phenoxy) is 1. The van der Waals surface area contributed by atoms with E-state index in [1.807, 2.05) is 22.8 Å². The normalized spacial score (nSPS) is 12.1. The van der Waals surface area contributed by atoms with Crippen LogP contribution in [0.1, 0.15) is 20.8 Å². The number of nitrogens with zero attached hydrogens (tertiary/aromatic N) is 2. The van der Waals surface area contributed by atoms with Gasteiger partial charge in [-0.1, -0.05) is 6.07 Å². The fraction of sp³-hybridized carbons (Fsp3) is 0.417. The lowest BCUT2D eigenvalue weighted by molar-refractivity contribution is 0.408. The van der Waals surface area contributed by atoms with Crippen LogP contribution in [0.5, 0.6) is 5.75 Å². The lowest BCUT2D eigenvalue weighted by atomic mass is 10.1. The summed E-state index contributed by atoms with van der Waals surface area (Å²) in [4.78, 5) is 4.35. The second kappa shape index (κ2) is 3.67. The molecule has 86 valence electrons. The van der Waals surface area contributed by atoms with Gasteiger partial charge in [0.2, 0.25) is 5.28 Å². The number of rotatable bonds is 1. The summed E-state index contributed by atoms with van der Waals surface area (Å²) in [5, 5.41) is 0.493. The van der Waals surface area contributed by atoms with E-state index in [1.54, 1.807) is 7.11 Å². The zero-order chi connectivity index (χ0) is 11.9. The van der Waals surface area contributed by atoms with E-state index in [1.165, 1.54) is 0 Å². The maximum absolute atomic E-state index is 6.18. The number of benzene rings is 1. The molecule has 1 aromatic carbocycles. The number of methoxy groups -OCH3 is 1. The molecule has 0 saturated heterocycles. The Labute approximate surface area is 100.0 Å². The molecule has 2 aromatic rings. The van der Waals surface area contributed by atoms with E-state index in [2.05, 4.69) is 25.8 Å². The van der Waals surface area contributed by atoms with Crippen molar-refractivity contribution in [1.29, 1.82) is 0 Å². The summed E-state index contributed by atoms with van der Waals surface area (Å²) >= 11 is 6.18. The third-order valence-electron chi connectivity index (χ3n) is 2.50. The second-order valence-electron chi connectivity index (χ2n) is 4.72. The van der Waals surface area contributed by atoms with E-state index in [9.17, 15) is 0 Å². The van der Waals surface area contributed by atoms with E-state index in [0.717, 1.165) is 16.8 Å². The fourth-order valence-electron chi connectivity index (χ4n) is 1.85. The third-order valence-corrected chi connectivity index (χ3v) is 2.75. The molecule has 1 heterocycles. The van der Waals surface area contributed by atoms with Crippen LogP contribution in [-0.4, -0.2) is 16.7 Å². The summed E-state index contributed by atoms with van der Waals surface area (Å²) in [5.41, 5.74) is 1.71. The summed E-state index contributed by atoms with van der Waals surface area (Å²) in [6, 6.07) is 5.84. The molecule has 16 heavy (non-hydrogen) atoms. The summed E-state index contributed by atoms with van der Waals surface area (Å²) in [6.45, 7) is 6.29. The van der Waals surface area contributed by atoms with Gasteiger partial charge >= 0.3 is 0 Å². The third kappa shape index (κ3) is 1.65. The molecule has 0 spiro atoms. The highest BCUT2D eigenvalue weighted by molar-refractivity contribution is 6.29. The van der Waals surface area contributed by atoms with Crippen molar-refractivity contribution in [1.82, 2.24) is 9.55 Å². The van der Waals surface area contributed by atoms with Crippen LogP contribution in [-0.2, 0) is 5.54 Å².